The van der Waals surface area contributed by atoms with Gasteiger partial charge in [0.1, 0.15) is 0 Å². The molecule has 2 rings (SSSR count). The maximum Gasteiger partial charge on any atom is 0.271 e. The first-order chi connectivity index (χ1) is 11.6. The first-order valence-corrected chi connectivity index (χ1v) is 7.28. The lowest BCUT2D eigenvalue weighted by atomic mass is 10.1. The van der Waals surface area contributed by atoms with Crippen molar-refractivity contribution in [3.05, 3.63) is 59.4 Å². The number of carbonyl (C=O) groups is 1. The van der Waals surface area contributed by atoms with Crippen LogP contribution in [0.15, 0.2) is 53.4 Å². The fraction of sp³-hybridized carbons (Fsp3) is 0.167. The molecule has 124 valence electrons. The van der Waals surface area contributed by atoms with Crippen molar-refractivity contribution in [1.29, 1.82) is 0 Å². The molecule has 0 saturated heterocycles. The van der Waals surface area contributed by atoms with Crippen LogP contribution in [0.25, 0.3) is 6.08 Å². The van der Waals surface area contributed by atoms with E-state index in [1.807, 2.05) is 31.2 Å². The summed E-state index contributed by atoms with van der Waals surface area (Å²) in [5.74, 6) is 1.04. The molecule has 0 saturated carbocycles. The molecule has 2 aromatic rings. The zero-order chi connectivity index (χ0) is 17.4. The van der Waals surface area contributed by atoms with Crippen LogP contribution >= 0.6 is 0 Å². The van der Waals surface area contributed by atoms with Crippen LogP contribution in [-0.4, -0.2) is 31.3 Å². The summed E-state index contributed by atoms with van der Waals surface area (Å²) in [4.78, 5) is 15.7. The van der Waals surface area contributed by atoms with Gasteiger partial charge in [-0.3, -0.25) is 9.78 Å². The minimum Gasteiger partial charge on any atom is -0.493 e. The van der Waals surface area contributed by atoms with Gasteiger partial charge in [0.2, 0.25) is 0 Å². The maximum absolute atomic E-state index is 11.8. The molecule has 1 heterocycles. The molecule has 0 aliphatic carbocycles. The summed E-state index contributed by atoms with van der Waals surface area (Å²) in [6, 6.07) is 8.86. The van der Waals surface area contributed by atoms with Gasteiger partial charge in [0.05, 0.1) is 20.4 Å². The summed E-state index contributed by atoms with van der Waals surface area (Å²) in [5.41, 5.74) is 4.79. The van der Waals surface area contributed by atoms with E-state index in [9.17, 15) is 4.79 Å². The second kappa shape index (κ2) is 8.47. The minimum absolute atomic E-state index is 0.285. The second-order valence-corrected chi connectivity index (χ2v) is 4.94. The number of hydrazone groups is 1. The van der Waals surface area contributed by atoms with Gasteiger partial charge in [0, 0.05) is 18.0 Å². The van der Waals surface area contributed by atoms with Crippen LogP contribution in [0, 0.1) is 0 Å². The highest BCUT2D eigenvalue weighted by Crippen LogP contribution is 2.28. The van der Waals surface area contributed by atoms with Crippen LogP contribution in [0.5, 0.6) is 11.5 Å². The van der Waals surface area contributed by atoms with Gasteiger partial charge in [-0.05, 0) is 42.3 Å². The Morgan fingerprint density at radius 3 is 2.50 bits per heavy atom. The van der Waals surface area contributed by atoms with Crippen molar-refractivity contribution in [3.63, 3.8) is 0 Å². The molecule has 1 aromatic carbocycles. The molecule has 0 aliphatic rings. The number of allylic oxidation sites excluding steroid dienone is 1. The third kappa shape index (κ3) is 4.67. The molecule has 1 amide bonds. The number of pyridine rings is 1. The Morgan fingerprint density at radius 1 is 1.12 bits per heavy atom. The monoisotopic (exact) mass is 325 g/mol. The number of aromatic nitrogens is 1. The summed E-state index contributed by atoms with van der Waals surface area (Å²) in [6.07, 6.45) is 6.61. The van der Waals surface area contributed by atoms with E-state index >= 15 is 0 Å². The van der Waals surface area contributed by atoms with Crippen molar-refractivity contribution in [2.24, 2.45) is 5.10 Å². The fourth-order valence-electron chi connectivity index (χ4n) is 2.00. The van der Waals surface area contributed by atoms with E-state index in [1.165, 1.54) is 0 Å². The zero-order valence-electron chi connectivity index (χ0n) is 13.8. The molecule has 24 heavy (non-hydrogen) atoms. The fourth-order valence-corrected chi connectivity index (χ4v) is 2.00. The predicted octanol–water partition coefficient (Wildman–Crippen LogP) is 2.92. The van der Waals surface area contributed by atoms with Gasteiger partial charge in [-0.1, -0.05) is 12.1 Å². The minimum atomic E-state index is -0.285. The summed E-state index contributed by atoms with van der Waals surface area (Å²) in [5, 5.41) is 3.95. The summed E-state index contributed by atoms with van der Waals surface area (Å²) < 4.78 is 10.5. The van der Waals surface area contributed by atoms with Gasteiger partial charge < -0.3 is 9.47 Å². The molecule has 0 atom stereocenters. The number of methoxy groups -OCH3 is 2. The number of benzene rings is 1. The van der Waals surface area contributed by atoms with Crippen LogP contribution in [0.2, 0.25) is 0 Å². The quantitative estimate of drug-likeness (QED) is 0.655. The largest absolute Gasteiger partial charge is 0.493 e. The number of ether oxygens (including phenoxy) is 2. The third-order valence-corrected chi connectivity index (χ3v) is 3.18. The Bertz CT molecular complexity index is 755. The molecule has 0 aliphatic heterocycles. The molecule has 0 radical (unpaired) electrons. The molecule has 6 nitrogen and oxygen atoms in total. The first-order valence-electron chi connectivity index (χ1n) is 7.28. The highest BCUT2D eigenvalue weighted by molar-refractivity contribution is 5.95. The van der Waals surface area contributed by atoms with Crippen molar-refractivity contribution in [2.45, 2.75) is 6.92 Å². The van der Waals surface area contributed by atoms with Crippen molar-refractivity contribution in [2.75, 3.05) is 14.2 Å². The lowest BCUT2D eigenvalue weighted by Crippen LogP contribution is -2.17. The van der Waals surface area contributed by atoms with E-state index in [4.69, 9.17) is 9.47 Å². The Hall–Kier alpha value is -3.15. The summed E-state index contributed by atoms with van der Waals surface area (Å²) in [6.45, 7) is 1.89. The average Bonchev–Trinajstić information content (AvgIpc) is 2.62. The lowest BCUT2D eigenvalue weighted by Gasteiger charge is -2.07. The van der Waals surface area contributed by atoms with E-state index < -0.39 is 0 Å². The Labute approximate surface area is 140 Å². The third-order valence-electron chi connectivity index (χ3n) is 3.18. The highest BCUT2D eigenvalue weighted by atomic mass is 16.5. The molecule has 0 bridgehead atoms. The normalized spacial score (nSPS) is 11.4. The topological polar surface area (TPSA) is 72.8 Å². The zero-order valence-corrected chi connectivity index (χ0v) is 13.8. The van der Waals surface area contributed by atoms with E-state index in [1.54, 1.807) is 45.0 Å². The lowest BCUT2D eigenvalue weighted by molar-refractivity contribution is 0.0955. The van der Waals surface area contributed by atoms with E-state index in [-0.39, 0.29) is 5.91 Å². The number of nitrogens with zero attached hydrogens (tertiary/aromatic N) is 2. The average molecular weight is 325 g/mol. The molecular weight excluding hydrogens is 306 g/mol. The first kappa shape index (κ1) is 17.2. The SMILES string of the molecule is COc1ccc(C=C(C)/C=N/NC(=O)c2ccncc2)cc1OC. The standard InChI is InChI=1S/C18H19N3O3/c1-13(10-14-4-5-16(23-2)17(11-14)24-3)12-20-21-18(22)15-6-8-19-9-7-15/h4-12H,1-3H3,(H,21,22)/b13-10?,20-12+. The number of amides is 1. The van der Waals surface area contributed by atoms with Crippen LogP contribution in [-0.2, 0) is 0 Å². The predicted molar refractivity (Wildman–Crippen MR) is 93.4 cm³/mol. The number of hydrogen-bond acceptors (Lipinski definition) is 5. The smallest absolute Gasteiger partial charge is 0.271 e. The number of rotatable bonds is 6. The van der Waals surface area contributed by atoms with Gasteiger partial charge in [0.15, 0.2) is 11.5 Å². The van der Waals surface area contributed by atoms with Gasteiger partial charge in [-0.2, -0.15) is 5.10 Å². The van der Waals surface area contributed by atoms with E-state index in [0.717, 1.165) is 11.1 Å². The molecule has 6 heteroatoms. The van der Waals surface area contributed by atoms with E-state index in [2.05, 4.69) is 15.5 Å². The second-order valence-electron chi connectivity index (χ2n) is 4.94. The number of nitrogens with one attached hydrogen (secondary N) is 1. The van der Waals surface area contributed by atoms with Crippen LogP contribution in [0.1, 0.15) is 22.8 Å². The highest BCUT2D eigenvalue weighted by Gasteiger charge is 2.04. The van der Waals surface area contributed by atoms with Gasteiger partial charge in [0.25, 0.3) is 5.91 Å². The number of carbonyl (C=O) groups excluding carboxylic acids is 1. The van der Waals surface area contributed by atoms with Crippen molar-refractivity contribution < 1.29 is 14.3 Å². The van der Waals surface area contributed by atoms with Crippen molar-refractivity contribution in [1.82, 2.24) is 10.4 Å². The number of hydrogen-bond donors (Lipinski definition) is 1. The molecule has 0 unspecified atom stereocenters. The Kier molecular flexibility index (Phi) is 6.08. The van der Waals surface area contributed by atoms with Crippen molar-refractivity contribution >= 4 is 18.2 Å². The maximum atomic E-state index is 11.8. The van der Waals surface area contributed by atoms with E-state index in [0.29, 0.717) is 17.1 Å². The van der Waals surface area contributed by atoms with Gasteiger partial charge in [-0.25, -0.2) is 5.43 Å². The summed E-state index contributed by atoms with van der Waals surface area (Å²) in [7, 11) is 3.19. The van der Waals surface area contributed by atoms with Gasteiger partial charge in [-0.15, -0.1) is 0 Å². The van der Waals surface area contributed by atoms with Crippen LogP contribution in [0.4, 0.5) is 0 Å². The molecule has 0 fully saturated rings. The molecule has 0 spiro atoms. The van der Waals surface area contributed by atoms with Crippen LogP contribution in [0.3, 0.4) is 0 Å². The molecular formula is C18H19N3O3. The Balaban J connectivity index is 2.02. The van der Waals surface area contributed by atoms with Crippen molar-refractivity contribution in [3.8, 4) is 11.5 Å². The molecule has 1 N–H and O–H groups in total. The van der Waals surface area contributed by atoms with Crippen LogP contribution < -0.4 is 14.9 Å². The Morgan fingerprint density at radius 2 is 1.83 bits per heavy atom. The van der Waals surface area contributed by atoms with Gasteiger partial charge >= 0.3 is 0 Å². The summed E-state index contributed by atoms with van der Waals surface area (Å²) >= 11 is 0. The molecule has 1 aromatic heterocycles.